The van der Waals surface area contributed by atoms with Gasteiger partial charge in [-0.05, 0) is 31.7 Å². The van der Waals surface area contributed by atoms with Gasteiger partial charge >= 0.3 is 0 Å². The molecule has 1 aliphatic rings. The first-order valence-corrected chi connectivity index (χ1v) is 6.60. The number of hydrogen-bond donors (Lipinski definition) is 1. The molecule has 1 rings (SSSR count). The molecule has 2 heteroatoms. The van der Waals surface area contributed by atoms with Gasteiger partial charge in [-0.1, -0.05) is 33.1 Å². The number of halogens is 1. The summed E-state index contributed by atoms with van der Waals surface area (Å²) in [7, 11) is 0. The lowest BCUT2D eigenvalue weighted by Gasteiger charge is -2.20. The highest BCUT2D eigenvalue weighted by Gasteiger charge is 2.41. The summed E-state index contributed by atoms with van der Waals surface area (Å²) >= 11 is 5.92. The van der Waals surface area contributed by atoms with Crippen molar-refractivity contribution in [3.8, 4) is 0 Å². The topological polar surface area (TPSA) is 12.0 Å². The lowest BCUT2D eigenvalue weighted by molar-refractivity contribution is 0.390. The van der Waals surface area contributed by atoms with Crippen molar-refractivity contribution in [1.82, 2.24) is 5.32 Å². The summed E-state index contributed by atoms with van der Waals surface area (Å²) < 4.78 is 0. The van der Waals surface area contributed by atoms with Gasteiger partial charge in [-0.15, -0.1) is 11.6 Å². The molecule has 0 spiro atoms. The third-order valence-corrected chi connectivity index (χ3v) is 3.93. The highest BCUT2D eigenvalue weighted by Crippen LogP contribution is 2.36. The van der Waals surface area contributed by atoms with Gasteiger partial charge < -0.3 is 5.32 Å². The molecule has 1 unspecified atom stereocenters. The Morgan fingerprint density at radius 2 is 2.07 bits per heavy atom. The van der Waals surface area contributed by atoms with E-state index in [1.54, 1.807) is 0 Å². The predicted octanol–water partition coefficient (Wildman–Crippen LogP) is 3.56. The summed E-state index contributed by atoms with van der Waals surface area (Å²) in [6, 6.07) is 0. The van der Waals surface area contributed by atoms with E-state index in [0.29, 0.717) is 5.54 Å². The van der Waals surface area contributed by atoms with Gasteiger partial charge in [0.1, 0.15) is 0 Å². The summed E-state index contributed by atoms with van der Waals surface area (Å²) in [5.41, 5.74) is 0.335. The van der Waals surface area contributed by atoms with Gasteiger partial charge in [0.15, 0.2) is 0 Å². The molecule has 1 atom stereocenters. The minimum atomic E-state index is 0.335. The predicted molar refractivity (Wildman–Crippen MR) is 64.0 cm³/mol. The second-order valence-corrected chi connectivity index (χ2v) is 4.98. The van der Waals surface area contributed by atoms with Crippen molar-refractivity contribution in [2.45, 2.75) is 57.9 Å². The van der Waals surface area contributed by atoms with Crippen LogP contribution in [0.5, 0.6) is 0 Å². The Kier molecular flexibility index (Phi) is 5.25. The molecule has 1 aliphatic carbocycles. The third kappa shape index (κ3) is 3.78. The molecule has 1 fully saturated rings. The Labute approximate surface area is 93.6 Å². The summed E-state index contributed by atoms with van der Waals surface area (Å²) in [6.45, 7) is 5.73. The van der Waals surface area contributed by atoms with Gasteiger partial charge in [-0.3, -0.25) is 0 Å². The van der Waals surface area contributed by atoms with E-state index in [1.807, 2.05) is 0 Å². The van der Waals surface area contributed by atoms with Gasteiger partial charge in [0, 0.05) is 11.4 Å². The monoisotopic (exact) mass is 217 g/mol. The molecule has 0 bridgehead atoms. The Balaban J connectivity index is 2.13. The van der Waals surface area contributed by atoms with Crippen LogP contribution in [0.3, 0.4) is 0 Å². The van der Waals surface area contributed by atoms with Crippen molar-refractivity contribution in [2.24, 2.45) is 5.92 Å². The molecule has 14 heavy (non-hydrogen) atoms. The molecule has 0 aliphatic heterocycles. The Morgan fingerprint density at radius 1 is 1.36 bits per heavy atom. The molecular weight excluding hydrogens is 194 g/mol. The fourth-order valence-corrected chi connectivity index (χ4v) is 2.17. The lowest BCUT2D eigenvalue weighted by atomic mass is 9.99. The summed E-state index contributed by atoms with van der Waals surface area (Å²) in [5.74, 6) is 1.65. The van der Waals surface area contributed by atoms with Crippen molar-refractivity contribution in [1.29, 1.82) is 0 Å². The molecule has 0 aromatic carbocycles. The third-order valence-electron chi connectivity index (χ3n) is 3.42. The molecule has 84 valence electrons. The molecule has 1 saturated carbocycles. The van der Waals surface area contributed by atoms with Crippen LogP contribution in [0.15, 0.2) is 0 Å². The Hall–Kier alpha value is 0.250. The first-order valence-electron chi connectivity index (χ1n) is 6.07. The van der Waals surface area contributed by atoms with Crippen molar-refractivity contribution >= 4 is 11.6 Å². The summed E-state index contributed by atoms with van der Waals surface area (Å²) in [6.07, 6.45) is 7.91. The first-order chi connectivity index (χ1) is 6.76. The average Bonchev–Trinajstić information content (AvgIpc) is 2.99. The van der Waals surface area contributed by atoms with Crippen LogP contribution >= 0.6 is 11.6 Å². The fraction of sp³-hybridized carbons (Fsp3) is 1.00. The maximum absolute atomic E-state index is 5.92. The average molecular weight is 218 g/mol. The fourth-order valence-electron chi connectivity index (χ4n) is 1.81. The van der Waals surface area contributed by atoms with Crippen LogP contribution in [0.1, 0.15) is 52.4 Å². The van der Waals surface area contributed by atoms with E-state index in [1.165, 1.54) is 45.1 Å². The highest BCUT2D eigenvalue weighted by molar-refractivity contribution is 6.18. The van der Waals surface area contributed by atoms with Crippen LogP contribution in [-0.4, -0.2) is 18.0 Å². The molecule has 0 saturated heterocycles. The standard InChI is InChI=1S/C12H24ClN/c1-3-5-6-11(4-2)9-14-12(10-13)7-8-12/h11,14H,3-10H2,1-2H3. The van der Waals surface area contributed by atoms with Crippen molar-refractivity contribution in [2.75, 3.05) is 12.4 Å². The Bertz CT molecular complexity index is 154. The van der Waals surface area contributed by atoms with Gasteiger partial charge in [-0.2, -0.15) is 0 Å². The van der Waals surface area contributed by atoms with Crippen LogP contribution < -0.4 is 5.32 Å². The van der Waals surface area contributed by atoms with E-state index in [0.717, 1.165) is 11.8 Å². The maximum atomic E-state index is 5.92. The quantitative estimate of drug-likeness (QED) is 0.613. The van der Waals surface area contributed by atoms with Crippen LogP contribution in [0, 0.1) is 5.92 Å². The van der Waals surface area contributed by atoms with Crippen LogP contribution in [0.25, 0.3) is 0 Å². The number of nitrogens with one attached hydrogen (secondary N) is 1. The first kappa shape index (κ1) is 12.3. The molecule has 0 heterocycles. The van der Waals surface area contributed by atoms with Gasteiger partial charge in [0.05, 0.1) is 0 Å². The molecule has 1 nitrogen and oxygen atoms in total. The second-order valence-electron chi connectivity index (χ2n) is 4.71. The zero-order chi connectivity index (χ0) is 10.4. The van der Waals surface area contributed by atoms with Crippen LogP contribution in [-0.2, 0) is 0 Å². The summed E-state index contributed by atoms with van der Waals surface area (Å²) in [5, 5.41) is 3.65. The largest absolute Gasteiger partial charge is 0.310 e. The second kappa shape index (κ2) is 5.97. The van der Waals surface area contributed by atoms with Crippen molar-refractivity contribution in [3.63, 3.8) is 0 Å². The Morgan fingerprint density at radius 3 is 2.50 bits per heavy atom. The van der Waals surface area contributed by atoms with E-state index >= 15 is 0 Å². The zero-order valence-electron chi connectivity index (χ0n) is 9.61. The van der Waals surface area contributed by atoms with E-state index in [-0.39, 0.29) is 0 Å². The number of rotatable bonds is 8. The number of alkyl halides is 1. The van der Waals surface area contributed by atoms with E-state index < -0.39 is 0 Å². The van der Waals surface area contributed by atoms with E-state index in [9.17, 15) is 0 Å². The van der Waals surface area contributed by atoms with Gasteiger partial charge in [-0.25, -0.2) is 0 Å². The number of hydrogen-bond acceptors (Lipinski definition) is 1. The summed E-state index contributed by atoms with van der Waals surface area (Å²) in [4.78, 5) is 0. The van der Waals surface area contributed by atoms with Gasteiger partial charge in [0.25, 0.3) is 0 Å². The minimum Gasteiger partial charge on any atom is -0.310 e. The smallest absolute Gasteiger partial charge is 0.0406 e. The van der Waals surface area contributed by atoms with Crippen molar-refractivity contribution in [3.05, 3.63) is 0 Å². The van der Waals surface area contributed by atoms with E-state index in [2.05, 4.69) is 19.2 Å². The van der Waals surface area contributed by atoms with Crippen LogP contribution in [0.4, 0.5) is 0 Å². The maximum Gasteiger partial charge on any atom is 0.0406 e. The van der Waals surface area contributed by atoms with E-state index in [4.69, 9.17) is 11.6 Å². The van der Waals surface area contributed by atoms with Crippen molar-refractivity contribution < 1.29 is 0 Å². The van der Waals surface area contributed by atoms with Crippen LogP contribution in [0.2, 0.25) is 0 Å². The SMILES string of the molecule is CCCCC(CC)CNC1(CCl)CC1. The molecule has 0 amide bonds. The molecule has 1 N–H and O–H groups in total. The minimum absolute atomic E-state index is 0.335. The molecule has 0 aromatic heterocycles. The lowest BCUT2D eigenvalue weighted by Crippen LogP contribution is -2.36. The number of unbranched alkanes of at least 4 members (excludes halogenated alkanes) is 1. The normalized spacial score (nSPS) is 20.8. The molecule has 0 radical (unpaired) electrons. The molecular formula is C12H24ClN. The zero-order valence-corrected chi connectivity index (χ0v) is 10.4. The van der Waals surface area contributed by atoms with Gasteiger partial charge in [0.2, 0.25) is 0 Å². The highest BCUT2D eigenvalue weighted by atomic mass is 35.5. The molecule has 0 aromatic rings.